The van der Waals surface area contributed by atoms with E-state index >= 15 is 0 Å². The predicted octanol–water partition coefficient (Wildman–Crippen LogP) is 9.70. The minimum absolute atomic E-state index is 0.0484. The van der Waals surface area contributed by atoms with Gasteiger partial charge in [0.1, 0.15) is 19.8 Å². The van der Waals surface area contributed by atoms with Crippen LogP contribution < -0.4 is 0 Å². The van der Waals surface area contributed by atoms with Crippen molar-refractivity contribution in [3.8, 4) is 0 Å². The molecule has 0 fully saturated rings. The third-order valence-corrected chi connectivity index (χ3v) is 12.3. The second-order valence-corrected chi connectivity index (χ2v) is 18.5. The van der Waals surface area contributed by atoms with Gasteiger partial charge in [-0.25, -0.2) is 4.79 Å². The summed E-state index contributed by atoms with van der Waals surface area (Å²) in [5.41, 5.74) is 0. The first kappa shape index (κ1) is 66.0. The Morgan fingerprint density at radius 1 is 0.391 bits per heavy atom. The first-order valence-corrected chi connectivity index (χ1v) is 27.0. The van der Waals surface area contributed by atoms with E-state index in [1.54, 1.807) is 0 Å². The molecule has 1 unspecified atom stereocenters. The monoisotopic (exact) mass is 990 g/mol. The summed E-state index contributed by atoms with van der Waals surface area (Å²) in [5, 5.41) is 18.5. The number of ether oxygens (including phenoxy) is 8. The van der Waals surface area contributed by atoms with Crippen LogP contribution in [0.3, 0.4) is 0 Å². The molecule has 0 aromatic heterocycles. The van der Waals surface area contributed by atoms with Crippen LogP contribution in [0.1, 0.15) is 194 Å². The second kappa shape index (κ2) is 49.9. The largest absolute Gasteiger partial charge is 0.508 e. The highest BCUT2D eigenvalue weighted by molar-refractivity contribution is 5.70. The maximum atomic E-state index is 13.2. The molecule has 0 bridgehead atoms. The summed E-state index contributed by atoms with van der Waals surface area (Å²) in [6.07, 6.45) is 24.8. The van der Waals surface area contributed by atoms with Gasteiger partial charge in [-0.2, -0.15) is 0 Å². The fourth-order valence-corrected chi connectivity index (χ4v) is 7.94. The Labute approximate surface area is 417 Å². The lowest BCUT2D eigenvalue weighted by molar-refractivity contribution is -0.150. The molecule has 0 saturated carbocycles. The highest BCUT2D eigenvalue weighted by Gasteiger charge is 2.20. The van der Waals surface area contributed by atoms with Gasteiger partial charge in [-0.1, -0.05) is 117 Å². The van der Waals surface area contributed by atoms with Crippen LogP contribution in [0.2, 0.25) is 0 Å². The van der Waals surface area contributed by atoms with Crippen LogP contribution in [0.15, 0.2) is 0 Å². The van der Waals surface area contributed by atoms with Gasteiger partial charge in [-0.15, -0.1) is 0 Å². The number of nitrogens with zero attached hydrogens (tertiary/aromatic N) is 1. The molecule has 16 nitrogen and oxygen atoms in total. The Morgan fingerprint density at radius 2 is 0.841 bits per heavy atom. The van der Waals surface area contributed by atoms with Crippen LogP contribution in [0, 0.1) is 17.8 Å². The summed E-state index contributed by atoms with van der Waals surface area (Å²) in [6.45, 7) is 7.25. The van der Waals surface area contributed by atoms with Gasteiger partial charge in [0.15, 0.2) is 0 Å². The fourth-order valence-electron chi connectivity index (χ4n) is 7.94. The highest BCUT2D eigenvalue weighted by Crippen LogP contribution is 2.24. The topological polar surface area (TPSA) is 203 Å². The lowest BCUT2D eigenvalue weighted by atomic mass is 9.90. The smallest absolute Gasteiger partial charge is 0.469 e. The molecular weight excluding hydrogens is 891 g/mol. The van der Waals surface area contributed by atoms with E-state index in [-0.39, 0.29) is 76.3 Å². The molecule has 0 rings (SSSR count). The quantitative estimate of drug-likeness (QED) is 0.0331. The number of carbonyl (C=O) groups is 5. The number of methoxy groups -OCH3 is 2. The molecule has 2 N–H and O–H groups in total. The molecular formula is C53H99NO15. The molecule has 0 aliphatic carbocycles. The summed E-state index contributed by atoms with van der Waals surface area (Å²) >= 11 is 0. The molecule has 0 heterocycles. The van der Waals surface area contributed by atoms with Gasteiger partial charge in [0.25, 0.3) is 0 Å². The molecule has 0 aliphatic heterocycles. The van der Waals surface area contributed by atoms with Gasteiger partial charge >= 0.3 is 30.0 Å². The fraction of sp³-hybridized carbons (Fsp3) is 0.906. The maximum Gasteiger partial charge on any atom is 0.508 e. The third kappa shape index (κ3) is 44.6. The Kier molecular flexibility index (Phi) is 47.7. The van der Waals surface area contributed by atoms with Crippen molar-refractivity contribution in [1.29, 1.82) is 0 Å². The molecule has 0 aromatic carbocycles. The normalized spacial score (nSPS) is 11.8. The van der Waals surface area contributed by atoms with Crippen molar-refractivity contribution in [2.45, 2.75) is 194 Å². The molecule has 1 atom stereocenters. The molecule has 0 spiro atoms. The van der Waals surface area contributed by atoms with Crippen LogP contribution >= 0.6 is 0 Å². The molecule has 0 amide bonds. The summed E-state index contributed by atoms with van der Waals surface area (Å²) in [6, 6.07) is 0. The molecule has 0 aliphatic rings. The lowest BCUT2D eigenvalue weighted by Gasteiger charge is -2.20. The van der Waals surface area contributed by atoms with Crippen LogP contribution in [0.4, 0.5) is 4.79 Å². The summed E-state index contributed by atoms with van der Waals surface area (Å²) < 4.78 is 43.4. The standard InChI is InChI=1S/C53H99NO15/c1-5-7-9-11-17-25-46(26-18-12-10-8-6-2)27-23-30-51(59)67-43-48(45-69-53(61)66-40-24-33-54(34-36-55)35-37-56)44-68-52(60)32-31-47(41-64-38-21-15-13-19-28-49(57)62-3)42-65-39-22-16-14-20-29-50(58)63-4/h46-48,55-56H,5-45H2,1-4H3. The van der Waals surface area contributed by atoms with Crippen molar-refractivity contribution in [3.63, 3.8) is 0 Å². The van der Waals surface area contributed by atoms with Crippen LogP contribution in [-0.2, 0) is 57.1 Å². The molecule has 0 aromatic rings. The zero-order valence-corrected chi connectivity index (χ0v) is 43.9. The number of aliphatic hydroxyl groups excluding tert-OH is 2. The number of esters is 4. The second-order valence-electron chi connectivity index (χ2n) is 18.5. The van der Waals surface area contributed by atoms with E-state index in [4.69, 9.17) is 37.9 Å². The van der Waals surface area contributed by atoms with Crippen molar-refractivity contribution in [1.82, 2.24) is 4.90 Å². The van der Waals surface area contributed by atoms with E-state index < -0.39 is 18.0 Å². The first-order chi connectivity index (χ1) is 33.6. The van der Waals surface area contributed by atoms with E-state index in [0.29, 0.717) is 77.7 Å². The van der Waals surface area contributed by atoms with Gasteiger partial charge < -0.3 is 48.1 Å². The van der Waals surface area contributed by atoms with Gasteiger partial charge in [0, 0.05) is 64.4 Å². The van der Waals surface area contributed by atoms with Crippen molar-refractivity contribution >= 4 is 30.0 Å². The molecule has 0 saturated heterocycles. The number of rotatable bonds is 51. The van der Waals surface area contributed by atoms with E-state index in [1.165, 1.54) is 91.3 Å². The molecule has 406 valence electrons. The minimum Gasteiger partial charge on any atom is -0.469 e. The number of hydrogen-bond donors (Lipinski definition) is 2. The lowest BCUT2D eigenvalue weighted by Crippen LogP contribution is -2.31. The minimum atomic E-state index is -0.894. The van der Waals surface area contributed by atoms with Gasteiger partial charge in [-0.05, 0) is 57.3 Å². The van der Waals surface area contributed by atoms with Crippen LogP contribution in [0.25, 0.3) is 0 Å². The van der Waals surface area contributed by atoms with E-state index in [0.717, 1.165) is 64.2 Å². The van der Waals surface area contributed by atoms with Gasteiger partial charge in [-0.3, -0.25) is 24.1 Å². The zero-order chi connectivity index (χ0) is 50.8. The Bertz CT molecular complexity index is 1170. The third-order valence-electron chi connectivity index (χ3n) is 12.3. The average molecular weight is 990 g/mol. The maximum absolute atomic E-state index is 13.2. The van der Waals surface area contributed by atoms with E-state index in [2.05, 4.69) is 13.8 Å². The van der Waals surface area contributed by atoms with Gasteiger partial charge in [0.2, 0.25) is 0 Å². The van der Waals surface area contributed by atoms with Crippen molar-refractivity contribution in [2.75, 3.05) is 99.9 Å². The SMILES string of the molecule is CCCCCCCC(CCCCCCC)CCCC(=O)OCC(COC(=O)CCC(COCCCCCCC(=O)OC)COCCCCCCC(=O)OC)COC(=O)OCCCN(CCO)CCO. The predicted molar refractivity (Wildman–Crippen MR) is 267 cm³/mol. The number of hydrogen-bond acceptors (Lipinski definition) is 16. The Morgan fingerprint density at radius 3 is 1.35 bits per heavy atom. The average Bonchev–Trinajstić information content (AvgIpc) is 3.34. The van der Waals surface area contributed by atoms with Crippen molar-refractivity contribution in [2.24, 2.45) is 17.8 Å². The molecule has 16 heteroatoms. The molecule has 69 heavy (non-hydrogen) atoms. The number of aliphatic hydroxyl groups is 2. The number of unbranched alkanes of at least 4 members (excludes halogenated alkanes) is 14. The molecule has 0 radical (unpaired) electrons. The van der Waals surface area contributed by atoms with Crippen LogP contribution in [0.5, 0.6) is 0 Å². The summed E-state index contributed by atoms with van der Waals surface area (Å²) in [4.78, 5) is 63.4. The van der Waals surface area contributed by atoms with E-state index in [9.17, 15) is 34.2 Å². The van der Waals surface area contributed by atoms with Crippen molar-refractivity contribution < 1.29 is 72.1 Å². The van der Waals surface area contributed by atoms with E-state index in [1.807, 2.05) is 4.90 Å². The van der Waals surface area contributed by atoms with Crippen molar-refractivity contribution in [3.05, 3.63) is 0 Å². The summed E-state index contributed by atoms with van der Waals surface area (Å²) in [5.74, 6) is -1.27. The highest BCUT2D eigenvalue weighted by atomic mass is 16.7. The zero-order valence-electron chi connectivity index (χ0n) is 43.9. The Hall–Kier alpha value is -3.05. The van der Waals surface area contributed by atoms with Crippen LogP contribution in [-0.4, -0.2) is 145 Å². The number of carbonyl (C=O) groups excluding carboxylic acids is 5. The summed E-state index contributed by atoms with van der Waals surface area (Å²) in [7, 11) is 2.78. The first-order valence-electron chi connectivity index (χ1n) is 27.0. The Balaban J connectivity index is 5.36. The van der Waals surface area contributed by atoms with Gasteiger partial charge in [0.05, 0.1) is 53.2 Å².